The number of carbonyl (C=O) groups excluding carboxylic acids is 1. The minimum absolute atomic E-state index is 0.0268. The van der Waals surface area contributed by atoms with E-state index in [1.54, 1.807) is 6.20 Å². The van der Waals surface area contributed by atoms with E-state index in [1.807, 2.05) is 41.3 Å². The molecular formula is C20H18N4O4. The van der Waals surface area contributed by atoms with Gasteiger partial charge in [0.2, 0.25) is 24.4 Å². The number of aromatic nitrogens is 3. The van der Waals surface area contributed by atoms with E-state index < -0.39 is 0 Å². The molecule has 0 saturated carbocycles. The van der Waals surface area contributed by atoms with Crippen molar-refractivity contribution in [2.24, 2.45) is 0 Å². The van der Waals surface area contributed by atoms with Crippen LogP contribution in [0.15, 0.2) is 47.1 Å². The number of pyridine rings is 1. The van der Waals surface area contributed by atoms with Gasteiger partial charge in [0.1, 0.15) is 11.7 Å². The number of hydrogen-bond acceptors (Lipinski definition) is 7. The summed E-state index contributed by atoms with van der Waals surface area (Å²) in [5.74, 6) is 2.31. The Kier molecular flexibility index (Phi) is 4.16. The second kappa shape index (κ2) is 6.95. The van der Waals surface area contributed by atoms with Gasteiger partial charge >= 0.3 is 0 Å². The normalized spacial score (nSPS) is 17.9. The molecule has 0 N–H and O–H groups in total. The number of amides is 1. The summed E-state index contributed by atoms with van der Waals surface area (Å²) in [5.41, 5.74) is 1.54. The first-order valence-corrected chi connectivity index (χ1v) is 9.21. The molecule has 2 aliphatic rings. The lowest BCUT2D eigenvalue weighted by molar-refractivity contribution is -0.131. The van der Waals surface area contributed by atoms with Crippen LogP contribution in [0.1, 0.15) is 30.3 Å². The van der Waals surface area contributed by atoms with Gasteiger partial charge in [0.25, 0.3) is 0 Å². The zero-order chi connectivity index (χ0) is 18.9. The summed E-state index contributed by atoms with van der Waals surface area (Å²) >= 11 is 0. The fourth-order valence-corrected chi connectivity index (χ4v) is 3.62. The molecule has 2 aliphatic heterocycles. The van der Waals surface area contributed by atoms with Crippen molar-refractivity contribution in [1.82, 2.24) is 20.0 Å². The van der Waals surface area contributed by atoms with Crippen LogP contribution in [0.2, 0.25) is 0 Å². The van der Waals surface area contributed by atoms with Crippen LogP contribution in [0.25, 0.3) is 11.5 Å². The number of carbonyl (C=O) groups is 1. The summed E-state index contributed by atoms with van der Waals surface area (Å²) < 4.78 is 16.2. The van der Waals surface area contributed by atoms with Gasteiger partial charge in [-0.2, -0.15) is 4.98 Å². The maximum absolute atomic E-state index is 12.9. The van der Waals surface area contributed by atoms with Gasteiger partial charge in [-0.15, -0.1) is 0 Å². The second-order valence-electron chi connectivity index (χ2n) is 6.78. The topological polar surface area (TPSA) is 90.6 Å². The Morgan fingerprint density at radius 1 is 1.18 bits per heavy atom. The first-order valence-electron chi connectivity index (χ1n) is 9.21. The highest BCUT2D eigenvalue weighted by atomic mass is 16.7. The highest BCUT2D eigenvalue weighted by Gasteiger charge is 2.34. The van der Waals surface area contributed by atoms with E-state index in [0.29, 0.717) is 35.5 Å². The van der Waals surface area contributed by atoms with Gasteiger partial charge in [-0.25, -0.2) is 0 Å². The third-order valence-corrected chi connectivity index (χ3v) is 4.99. The first kappa shape index (κ1) is 16.7. The molecular weight excluding hydrogens is 360 g/mol. The largest absolute Gasteiger partial charge is 0.454 e. The Balaban J connectivity index is 1.33. The number of ether oxygens (including phenoxy) is 2. The molecule has 1 fully saturated rings. The van der Waals surface area contributed by atoms with E-state index in [1.165, 1.54) is 0 Å². The fourth-order valence-electron chi connectivity index (χ4n) is 3.62. The number of nitrogens with zero attached hydrogens (tertiary/aromatic N) is 4. The van der Waals surface area contributed by atoms with Gasteiger partial charge in [-0.1, -0.05) is 17.3 Å². The quantitative estimate of drug-likeness (QED) is 0.689. The summed E-state index contributed by atoms with van der Waals surface area (Å²) in [6, 6.07) is 10.9. The van der Waals surface area contributed by atoms with Crippen molar-refractivity contribution in [2.75, 3.05) is 13.3 Å². The van der Waals surface area contributed by atoms with Crippen LogP contribution in [0.3, 0.4) is 0 Å². The lowest BCUT2D eigenvalue weighted by Gasteiger charge is -2.22. The minimum atomic E-state index is -0.202. The van der Waals surface area contributed by atoms with E-state index in [4.69, 9.17) is 14.0 Å². The van der Waals surface area contributed by atoms with Gasteiger partial charge in [0.05, 0.1) is 6.42 Å². The molecule has 0 spiro atoms. The van der Waals surface area contributed by atoms with Crippen LogP contribution < -0.4 is 9.47 Å². The van der Waals surface area contributed by atoms with Crippen LogP contribution in [0.4, 0.5) is 0 Å². The van der Waals surface area contributed by atoms with E-state index in [2.05, 4.69) is 15.1 Å². The van der Waals surface area contributed by atoms with Crippen molar-refractivity contribution in [3.05, 3.63) is 54.0 Å². The molecule has 2 aromatic heterocycles. The molecule has 3 aromatic rings. The Bertz CT molecular complexity index is 1000. The van der Waals surface area contributed by atoms with Crippen LogP contribution in [0, 0.1) is 0 Å². The maximum Gasteiger partial charge on any atom is 0.249 e. The summed E-state index contributed by atoms with van der Waals surface area (Å²) in [6.07, 6.45) is 3.67. The monoisotopic (exact) mass is 378 g/mol. The van der Waals surface area contributed by atoms with Crippen molar-refractivity contribution in [3.63, 3.8) is 0 Å². The Labute approximate surface area is 161 Å². The van der Waals surface area contributed by atoms with E-state index >= 15 is 0 Å². The fraction of sp³-hybridized carbons (Fsp3) is 0.300. The van der Waals surface area contributed by atoms with Crippen molar-refractivity contribution in [1.29, 1.82) is 0 Å². The molecule has 1 amide bonds. The van der Waals surface area contributed by atoms with Crippen LogP contribution in [-0.2, 0) is 11.2 Å². The number of rotatable bonds is 4. The minimum Gasteiger partial charge on any atom is -0.454 e. The number of fused-ring (bicyclic) bond motifs is 1. The molecule has 1 unspecified atom stereocenters. The third-order valence-electron chi connectivity index (χ3n) is 4.99. The second-order valence-corrected chi connectivity index (χ2v) is 6.78. The molecule has 0 bridgehead atoms. The number of benzene rings is 1. The average Bonchev–Trinajstić information content (AvgIpc) is 3.47. The van der Waals surface area contributed by atoms with Crippen molar-refractivity contribution in [2.45, 2.75) is 25.3 Å². The Hall–Kier alpha value is -3.42. The number of hydrogen-bond donors (Lipinski definition) is 0. The Morgan fingerprint density at radius 3 is 3.00 bits per heavy atom. The smallest absolute Gasteiger partial charge is 0.249 e. The zero-order valence-electron chi connectivity index (χ0n) is 15.1. The van der Waals surface area contributed by atoms with Crippen LogP contribution >= 0.6 is 0 Å². The first-order chi connectivity index (χ1) is 13.8. The summed E-state index contributed by atoms with van der Waals surface area (Å²) in [6.45, 7) is 0.895. The molecule has 8 nitrogen and oxygen atoms in total. The molecule has 28 heavy (non-hydrogen) atoms. The van der Waals surface area contributed by atoms with Crippen molar-refractivity contribution >= 4 is 5.91 Å². The maximum atomic E-state index is 12.9. The molecule has 0 aliphatic carbocycles. The van der Waals surface area contributed by atoms with Crippen LogP contribution in [-0.4, -0.2) is 39.3 Å². The summed E-state index contributed by atoms with van der Waals surface area (Å²) in [7, 11) is 0. The van der Waals surface area contributed by atoms with Gasteiger partial charge < -0.3 is 18.9 Å². The SMILES string of the molecule is O=C(Cc1ccc2c(c1)OCO2)N1CCCC1c1nc(-c2ccccn2)no1. The highest BCUT2D eigenvalue weighted by Crippen LogP contribution is 2.35. The van der Waals surface area contributed by atoms with Gasteiger partial charge in [0.15, 0.2) is 11.5 Å². The Morgan fingerprint density at radius 2 is 2.11 bits per heavy atom. The summed E-state index contributed by atoms with van der Waals surface area (Å²) in [5, 5.41) is 4.03. The predicted octanol–water partition coefficient (Wildman–Crippen LogP) is 2.77. The average molecular weight is 378 g/mol. The predicted molar refractivity (Wildman–Crippen MR) is 97.5 cm³/mol. The van der Waals surface area contributed by atoms with Gasteiger partial charge in [-0.3, -0.25) is 9.78 Å². The lowest BCUT2D eigenvalue weighted by Crippen LogP contribution is -2.32. The van der Waals surface area contributed by atoms with Gasteiger partial charge in [0, 0.05) is 12.7 Å². The molecule has 142 valence electrons. The molecule has 1 atom stereocenters. The third kappa shape index (κ3) is 3.06. The van der Waals surface area contributed by atoms with Crippen LogP contribution in [0.5, 0.6) is 11.5 Å². The zero-order valence-corrected chi connectivity index (χ0v) is 15.1. The molecule has 5 rings (SSSR count). The highest BCUT2D eigenvalue weighted by molar-refractivity contribution is 5.79. The molecule has 0 radical (unpaired) electrons. The molecule has 8 heteroatoms. The molecule has 4 heterocycles. The standard InChI is InChI=1S/C20H18N4O4/c25-18(11-13-6-7-16-17(10-13)27-12-26-16)24-9-3-5-15(24)20-22-19(23-28-20)14-4-1-2-8-21-14/h1-2,4,6-8,10,15H,3,5,9,11-12H2. The lowest BCUT2D eigenvalue weighted by atomic mass is 10.1. The number of likely N-dealkylation sites (tertiary alicyclic amines) is 1. The summed E-state index contributed by atoms with van der Waals surface area (Å²) in [4.78, 5) is 23.5. The van der Waals surface area contributed by atoms with Gasteiger partial charge in [-0.05, 0) is 42.7 Å². The van der Waals surface area contributed by atoms with Crippen molar-refractivity contribution < 1.29 is 18.8 Å². The molecule has 1 saturated heterocycles. The van der Waals surface area contributed by atoms with Crippen molar-refractivity contribution in [3.8, 4) is 23.0 Å². The van der Waals surface area contributed by atoms with E-state index in [-0.39, 0.29) is 25.2 Å². The van der Waals surface area contributed by atoms with E-state index in [0.717, 1.165) is 18.4 Å². The molecule has 1 aromatic carbocycles. The van der Waals surface area contributed by atoms with E-state index in [9.17, 15) is 4.79 Å².